The summed E-state index contributed by atoms with van der Waals surface area (Å²) in [6.07, 6.45) is -6.10. The van der Waals surface area contributed by atoms with Gasteiger partial charge in [0.05, 0.1) is 12.2 Å². The molecule has 1 aromatic rings. The van der Waals surface area contributed by atoms with Crippen molar-refractivity contribution in [3.63, 3.8) is 0 Å². The third-order valence-corrected chi connectivity index (χ3v) is 4.55. The van der Waals surface area contributed by atoms with Gasteiger partial charge in [-0.15, -0.1) is 0 Å². The minimum Gasteiger partial charge on any atom is -0.385 e. The van der Waals surface area contributed by atoms with E-state index in [0.29, 0.717) is 10.9 Å². The first kappa shape index (κ1) is 16.2. The van der Waals surface area contributed by atoms with Crippen LogP contribution in [0.25, 0.3) is 0 Å². The van der Waals surface area contributed by atoms with Gasteiger partial charge in [0.15, 0.2) is 11.4 Å². The molecule has 3 rings (SSSR count). The molecule has 9 heteroatoms. The third-order valence-electron chi connectivity index (χ3n) is 3.60. The Morgan fingerprint density at radius 1 is 1.39 bits per heavy atom. The Labute approximate surface area is 134 Å². The van der Waals surface area contributed by atoms with Gasteiger partial charge in [0, 0.05) is 5.75 Å². The van der Waals surface area contributed by atoms with Gasteiger partial charge in [-0.1, -0.05) is 42.1 Å². The Bertz CT molecular complexity index is 663. The number of nitrogens with zero attached hydrogens (tertiary/aromatic N) is 1. The summed E-state index contributed by atoms with van der Waals surface area (Å²) in [4.78, 5) is 4.07. The number of halogens is 3. The number of amidine groups is 1. The molecule has 124 valence electrons. The molecular formula is C14H14F3N3O2S. The predicted molar refractivity (Wildman–Crippen MR) is 80.3 cm³/mol. The van der Waals surface area contributed by atoms with E-state index >= 15 is 0 Å². The molecule has 2 atom stereocenters. The second-order valence-corrected chi connectivity index (χ2v) is 6.15. The molecule has 23 heavy (non-hydrogen) atoms. The summed E-state index contributed by atoms with van der Waals surface area (Å²) < 4.78 is 44.2. The smallest absolute Gasteiger partial charge is 0.385 e. The summed E-state index contributed by atoms with van der Waals surface area (Å²) in [7, 11) is 0. The fraction of sp³-hybridized carbons (Fsp3) is 0.357. The van der Waals surface area contributed by atoms with Gasteiger partial charge in [0.2, 0.25) is 5.60 Å². The first-order chi connectivity index (χ1) is 10.8. The van der Waals surface area contributed by atoms with E-state index < -0.39 is 30.2 Å². The number of alkyl halides is 3. The number of thioether (sulfide) groups is 1. The molecule has 2 unspecified atom stereocenters. The zero-order valence-electron chi connectivity index (χ0n) is 11.8. The number of nitrogens with one attached hydrogen (secondary N) is 1. The van der Waals surface area contributed by atoms with Crippen LogP contribution in [0.15, 0.2) is 46.7 Å². The number of aliphatic hydroxyl groups is 1. The van der Waals surface area contributed by atoms with E-state index in [1.54, 1.807) is 0 Å². The number of hydrogen-bond donors (Lipinski definition) is 3. The lowest BCUT2D eigenvalue weighted by Crippen LogP contribution is -2.50. The van der Waals surface area contributed by atoms with Crippen molar-refractivity contribution in [2.24, 2.45) is 10.7 Å². The summed E-state index contributed by atoms with van der Waals surface area (Å²) in [5.74, 6) is 0.309. The molecule has 5 nitrogen and oxygen atoms in total. The predicted octanol–water partition coefficient (Wildman–Crippen LogP) is 1.70. The van der Waals surface area contributed by atoms with Crippen molar-refractivity contribution in [2.45, 2.75) is 23.8 Å². The van der Waals surface area contributed by atoms with E-state index in [2.05, 4.69) is 10.3 Å². The maximum absolute atomic E-state index is 13.1. The number of aliphatic imine (C=N–C) groups is 1. The van der Waals surface area contributed by atoms with Gasteiger partial charge in [-0.25, -0.2) is 4.99 Å². The first-order valence-electron chi connectivity index (χ1n) is 6.73. The quantitative estimate of drug-likeness (QED) is 0.760. The van der Waals surface area contributed by atoms with Crippen molar-refractivity contribution in [3.8, 4) is 0 Å². The van der Waals surface area contributed by atoms with Crippen LogP contribution < -0.4 is 11.1 Å². The van der Waals surface area contributed by atoms with Gasteiger partial charge in [-0.05, 0) is 5.56 Å². The first-order valence-corrected chi connectivity index (χ1v) is 7.72. The molecule has 0 amide bonds. The lowest BCUT2D eigenvalue weighted by atomic mass is 9.94. The van der Waals surface area contributed by atoms with Gasteiger partial charge in [0.1, 0.15) is 5.82 Å². The number of rotatable bonds is 2. The van der Waals surface area contributed by atoms with Crippen LogP contribution in [0.1, 0.15) is 5.56 Å². The van der Waals surface area contributed by atoms with E-state index in [1.807, 2.05) is 30.3 Å². The zero-order valence-corrected chi connectivity index (χ0v) is 12.6. The molecule has 0 spiro atoms. The van der Waals surface area contributed by atoms with E-state index in [4.69, 9.17) is 10.5 Å². The fourth-order valence-electron chi connectivity index (χ4n) is 2.38. The summed E-state index contributed by atoms with van der Waals surface area (Å²) in [6, 6.07) is 9.52. The van der Waals surface area contributed by atoms with E-state index in [9.17, 15) is 18.3 Å². The largest absolute Gasteiger partial charge is 0.423 e. The molecule has 1 saturated heterocycles. The number of ether oxygens (including phenoxy) is 1. The third kappa shape index (κ3) is 2.91. The van der Waals surface area contributed by atoms with Crippen LogP contribution in [0, 0.1) is 0 Å². The Balaban J connectivity index is 1.75. The maximum Gasteiger partial charge on any atom is 0.423 e. The fourth-order valence-corrected chi connectivity index (χ4v) is 3.23. The molecule has 2 aliphatic heterocycles. The minimum absolute atomic E-state index is 0.266. The SMILES string of the molecule is NC1=C2C(N=C(SCc3ccccc3)N1)OCC2(O)C(F)(F)F. The number of benzene rings is 1. The molecule has 2 heterocycles. The van der Waals surface area contributed by atoms with Gasteiger partial charge >= 0.3 is 6.18 Å². The monoisotopic (exact) mass is 345 g/mol. The van der Waals surface area contributed by atoms with Crippen LogP contribution in [0.4, 0.5) is 13.2 Å². The van der Waals surface area contributed by atoms with Crippen LogP contribution >= 0.6 is 11.8 Å². The maximum atomic E-state index is 13.1. The number of nitrogens with two attached hydrogens (primary N) is 1. The lowest BCUT2D eigenvalue weighted by molar-refractivity contribution is -0.244. The van der Waals surface area contributed by atoms with Crippen LogP contribution in [-0.4, -0.2) is 34.9 Å². The average Bonchev–Trinajstić information content (AvgIpc) is 2.85. The highest BCUT2D eigenvalue weighted by molar-refractivity contribution is 8.13. The summed E-state index contributed by atoms with van der Waals surface area (Å²) in [6.45, 7) is -0.918. The highest BCUT2D eigenvalue weighted by atomic mass is 32.2. The molecule has 0 saturated carbocycles. The molecule has 4 N–H and O–H groups in total. The van der Waals surface area contributed by atoms with Crippen molar-refractivity contribution in [1.29, 1.82) is 0 Å². The topological polar surface area (TPSA) is 79.9 Å². The van der Waals surface area contributed by atoms with Crippen molar-refractivity contribution in [3.05, 3.63) is 47.3 Å². The van der Waals surface area contributed by atoms with Crippen LogP contribution in [0.3, 0.4) is 0 Å². The summed E-state index contributed by atoms with van der Waals surface area (Å²) >= 11 is 1.29. The van der Waals surface area contributed by atoms with Crippen molar-refractivity contribution >= 4 is 16.9 Å². The normalized spacial score (nSPS) is 27.5. The van der Waals surface area contributed by atoms with Gasteiger partial charge in [-0.3, -0.25) is 0 Å². The summed E-state index contributed by atoms with van der Waals surface area (Å²) in [5, 5.41) is 12.9. The van der Waals surface area contributed by atoms with Gasteiger partial charge in [-0.2, -0.15) is 13.2 Å². The molecular weight excluding hydrogens is 331 g/mol. The van der Waals surface area contributed by atoms with Crippen molar-refractivity contribution < 1.29 is 23.0 Å². The van der Waals surface area contributed by atoms with E-state index in [0.717, 1.165) is 5.56 Å². The van der Waals surface area contributed by atoms with Crippen LogP contribution in [0.5, 0.6) is 0 Å². The lowest BCUT2D eigenvalue weighted by Gasteiger charge is -2.29. The minimum atomic E-state index is -4.88. The number of fused-ring (bicyclic) bond motifs is 1. The average molecular weight is 345 g/mol. The standard InChI is InChI=1S/C14H14F3N3O2S/c15-14(16,17)13(21)7-22-11-9(13)10(18)19-12(20-11)23-6-8-4-2-1-3-5-8/h1-5,11,21H,6-7,18H2,(H,19,20). The van der Waals surface area contributed by atoms with Gasteiger partial charge < -0.3 is 20.9 Å². The van der Waals surface area contributed by atoms with Crippen molar-refractivity contribution in [1.82, 2.24) is 5.32 Å². The molecule has 0 radical (unpaired) electrons. The molecule has 0 aromatic heterocycles. The molecule has 0 aliphatic carbocycles. The molecule has 1 aromatic carbocycles. The highest BCUT2D eigenvalue weighted by Crippen LogP contribution is 2.44. The Hall–Kier alpha value is -1.71. The van der Waals surface area contributed by atoms with Crippen LogP contribution in [0.2, 0.25) is 0 Å². The highest BCUT2D eigenvalue weighted by Gasteiger charge is 2.63. The van der Waals surface area contributed by atoms with Crippen molar-refractivity contribution in [2.75, 3.05) is 6.61 Å². The second-order valence-electron chi connectivity index (χ2n) is 5.18. The summed E-state index contributed by atoms with van der Waals surface area (Å²) in [5.41, 5.74) is 3.14. The Kier molecular flexibility index (Phi) is 4.03. The number of hydrogen-bond acceptors (Lipinski definition) is 6. The molecule has 2 aliphatic rings. The van der Waals surface area contributed by atoms with Gasteiger partial charge in [0.25, 0.3) is 0 Å². The van der Waals surface area contributed by atoms with E-state index in [1.165, 1.54) is 11.8 Å². The van der Waals surface area contributed by atoms with E-state index in [-0.39, 0.29) is 5.82 Å². The Morgan fingerprint density at radius 3 is 2.74 bits per heavy atom. The second kappa shape index (κ2) is 5.73. The molecule has 0 bridgehead atoms. The molecule has 1 fully saturated rings. The van der Waals surface area contributed by atoms with Crippen LogP contribution in [-0.2, 0) is 10.5 Å². The zero-order chi connectivity index (χ0) is 16.7. The Morgan fingerprint density at radius 2 is 2.09 bits per heavy atom.